The smallest absolute Gasteiger partial charge is 0.0628 e. The van der Waals surface area contributed by atoms with E-state index in [9.17, 15) is 0 Å². The predicted molar refractivity (Wildman–Crippen MR) is 61.6 cm³/mol. The third-order valence-corrected chi connectivity index (χ3v) is 2.41. The summed E-state index contributed by atoms with van der Waals surface area (Å²) < 4.78 is 0. The summed E-state index contributed by atoms with van der Waals surface area (Å²) in [6.45, 7) is 2.34. The third kappa shape index (κ3) is 19.1. The van der Waals surface area contributed by atoms with Gasteiger partial charge in [-0.05, 0) is 6.42 Å². The number of thioether (sulfide) groups is 1. The molecule has 13 heavy (non-hydrogen) atoms. The molecule has 3 nitrogen and oxygen atoms in total. The molecule has 0 aromatic heterocycles. The van der Waals surface area contributed by atoms with E-state index in [2.05, 4.69) is 12.6 Å². The van der Waals surface area contributed by atoms with E-state index in [0.29, 0.717) is 5.75 Å². The lowest BCUT2D eigenvalue weighted by Crippen LogP contribution is -2.08. The van der Waals surface area contributed by atoms with Gasteiger partial charge in [-0.25, -0.2) is 0 Å². The molecule has 0 amide bonds. The van der Waals surface area contributed by atoms with E-state index in [0.717, 1.165) is 17.9 Å². The fourth-order valence-corrected chi connectivity index (χ4v) is 1.21. The average Bonchev–Trinajstić information content (AvgIpc) is 2.18. The van der Waals surface area contributed by atoms with Gasteiger partial charge in [0, 0.05) is 17.3 Å². The van der Waals surface area contributed by atoms with E-state index >= 15 is 0 Å². The van der Waals surface area contributed by atoms with Crippen molar-refractivity contribution in [2.45, 2.75) is 19.4 Å². The molecule has 0 radical (unpaired) electrons. The summed E-state index contributed by atoms with van der Waals surface area (Å²) in [5.74, 6) is 2.05. The van der Waals surface area contributed by atoms with Crippen molar-refractivity contribution < 1.29 is 15.3 Å². The van der Waals surface area contributed by atoms with Crippen molar-refractivity contribution in [3.8, 4) is 0 Å². The summed E-state index contributed by atoms with van der Waals surface area (Å²) in [6, 6.07) is 0. The Balaban J connectivity index is 0. The average molecular weight is 228 g/mol. The number of aliphatic hydroxyl groups excluding tert-OH is 3. The van der Waals surface area contributed by atoms with Gasteiger partial charge in [0.1, 0.15) is 0 Å². The Morgan fingerprint density at radius 2 is 1.85 bits per heavy atom. The minimum atomic E-state index is -0.193. The molecule has 0 rings (SSSR count). The number of hydrogen-bond acceptors (Lipinski definition) is 5. The Kier molecular flexibility index (Phi) is 18.6. The van der Waals surface area contributed by atoms with Crippen molar-refractivity contribution in [2.75, 3.05) is 30.5 Å². The first-order valence-corrected chi connectivity index (χ1v) is 6.09. The summed E-state index contributed by atoms with van der Waals surface area (Å²) >= 11 is 5.26. The second kappa shape index (κ2) is 15.1. The Morgan fingerprint density at radius 1 is 1.31 bits per heavy atom. The minimum absolute atomic E-state index is 0.184. The van der Waals surface area contributed by atoms with Crippen LogP contribution in [0.25, 0.3) is 0 Å². The van der Waals surface area contributed by atoms with Gasteiger partial charge in [-0.15, -0.1) is 0 Å². The van der Waals surface area contributed by atoms with E-state index < -0.39 is 0 Å². The normalized spacial score (nSPS) is 11.8. The van der Waals surface area contributed by atoms with Gasteiger partial charge in [-0.1, -0.05) is 6.92 Å². The highest BCUT2D eigenvalue weighted by Gasteiger charge is 1.98. The quantitative estimate of drug-likeness (QED) is 0.392. The Morgan fingerprint density at radius 3 is 2.15 bits per heavy atom. The fraction of sp³-hybridized carbons (Fsp3) is 1.00. The molecule has 82 valence electrons. The first-order chi connectivity index (χ1) is 6.22. The Hall–Kier alpha value is 0.580. The van der Waals surface area contributed by atoms with Crippen LogP contribution >= 0.6 is 24.4 Å². The van der Waals surface area contributed by atoms with Gasteiger partial charge < -0.3 is 15.3 Å². The highest BCUT2D eigenvalue weighted by molar-refractivity contribution is 7.99. The molecule has 0 heterocycles. The van der Waals surface area contributed by atoms with Gasteiger partial charge >= 0.3 is 0 Å². The lowest BCUT2D eigenvalue weighted by molar-refractivity contribution is 0.195. The number of aliphatic hydroxyl groups is 3. The summed E-state index contributed by atoms with van der Waals surface area (Å²) in [7, 11) is 0. The van der Waals surface area contributed by atoms with Crippen molar-refractivity contribution in [3.05, 3.63) is 0 Å². The van der Waals surface area contributed by atoms with Crippen LogP contribution < -0.4 is 0 Å². The van der Waals surface area contributed by atoms with Crippen molar-refractivity contribution in [1.82, 2.24) is 0 Å². The molecule has 0 spiro atoms. The maximum atomic E-state index is 8.98. The van der Waals surface area contributed by atoms with Crippen LogP contribution in [0.3, 0.4) is 0 Å². The molecule has 5 heteroatoms. The number of hydrogen-bond donors (Lipinski definition) is 4. The maximum absolute atomic E-state index is 8.98. The molecule has 0 saturated heterocycles. The van der Waals surface area contributed by atoms with E-state index in [4.69, 9.17) is 15.3 Å². The highest BCUT2D eigenvalue weighted by atomic mass is 32.2. The second-order valence-corrected chi connectivity index (χ2v) is 3.90. The molecule has 0 aliphatic carbocycles. The lowest BCUT2D eigenvalue weighted by Gasteiger charge is -2.04. The molecular weight excluding hydrogens is 208 g/mol. The molecule has 0 aliphatic heterocycles. The van der Waals surface area contributed by atoms with Crippen molar-refractivity contribution in [3.63, 3.8) is 0 Å². The molecule has 3 N–H and O–H groups in total. The summed E-state index contributed by atoms with van der Waals surface area (Å²) in [5.41, 5.74) is 0. The van der Waals surface area contributed by atoms with E-state index in [1.165, 1.54) is 0 Å². The van der Waals surface area contributed by atoms with E-state index in [-0.39, 0.29) is 19.3 Å². The highest BCUT2D eigenvalue weighted by Crippen LogP contribution is 2.03. The van der Waals surface area contributed by atoms with Gasteiger partial charge in [0.25, 0.3) is 0 Å². The summed E-state index contributed by atoms with van der Waals surface area (Å²) in [6.07, 6.45) is 0.611. The lowest BCUT2D eigenvalue weighted by atomic mass is 10.3. The van der Waals surface area contributed by atoms with Crippen LogP contribution in [0.15, 0.2) is 0 Å². The first-order valence-electron chi connectivity index (χ1n) is 4.31. The molecule has 1 unspecified atom stereocenters. The Labute approximate surface area is 90.0 Å². The first kappa shape index (κ1) is 16.0. The third-order valence-electron chi connectivity index (χ3n) is 1.12. The molecular formula is C8H20O3S2. The number of rotatable bonds is 6. The van der Waals surface area contributed by atoms with Gasteiger partial charge in [-0.2, -0.15) is 24.4 Å². The SMILES string of the molecule is CCC(O)CSCCO.OCCS. The molecule has 0 aliphatic rings. The maximum Gasteiger partial charge on any atom is 0.0628 e. The largest absolute Gasteiger partial charge is 0.396 e. The van der Waals surface area contributed by atoms with Crippen LogP contribution in [-0.4, -0.2) is 51.9 Å². The zero-order valence-corrected chi connectivity index (χ0v) is 9.73. The van der Waals surface area contributed by atoms with Crippen LogP contribution in [0.5, 0.6) is 0 Å². The van der Waals surface area contributed by atoms with Crippen LogP contribution in [0.4, 0.5) is 0 Å². The van der Waals surface area contributed by atoms with Gasteiger partial charge in [0.15, 0.2) is 0 Å². The molecule has 0 aromatic carbocycles. The van der Waals surface area contributed by atoms with Crippen LogP contribution in [0.1, 0.15) is 13.3 Å². The monoisotopic (exact) mass is 228 g/mol. The van der Waals surface area contributed by atoms with Crippen molar-refractivity contribution in [2.24, 2.45) is 0 Å². The van der Waals surface area contributed by atoms with Crippen molar-refractivity contribution in [1.29, 1.82) is 0 Å². The Bertz CT molecular complexity index is 81.8. The van der Waals surface area contributed by atoms with Gasteiger partial charge in [-0.3, -0.25) is 0 Å². The fourth-order valence-electron chi connectivity index (χ4n) is 0.402. The van der Waals surface area contributed by atoms with Crippen LogP contribution in [-0.2, 0) is 0 Å². The predicted octanol–water partition coefficient (Wildman–Crippen LogP) is 0.391. The molecule has 0 saturated carbocycles. The molecule has 0 fully saturated rings. The van der Waals surface area contributed by atoms with Crippen LogP contribution in [0.2, 0.25) is 0 Å². The molecule has 0 bridgehead atoms. The zero-order valence-electron chi connectivity index (χ0n) is 8.02. The topological polar surface area (TPSA) is 60.7 Å². The molecule has 0 aromatic rings. The molecule has 1 atom stereocenters. The minimum Gasteiger partial charge on any atom is -0.396 e. The van der Waals surface area contributed by atoms with E-state index in [1.54, 1.807) is 11.8 Å². The van der Waals surface area contributed by atoms with Crippen LogP contribution in [0, 0.1) is 0 Å². The standard InChI is InChI=1S/C6H14O2S.C2H6OS/c1-2-6(8)5-9-4-3-7;3-1-2-4/h6-8H,2-5H2,1H3;3-4H,1-2H2. The van der Waals surface area contributed by atoms with Gasteiger partial charge in [0.05, 0.1) is 19.3 Å². The second-order valence-electron chi connectivity index (χ2n) is 2.31. The zero-order chi connectivity index (χ0) is 10.5. The summed E-state index contributed by atoms with van der Waals surface area (Å²) in [5, 5.41) is 25.1. The summed E-state index contributed by atoms with van der Waals surface area (Å²) in [4.78, 5) is 0. The number of thiol groups is 1. The van der Waals surface area contributed by atoms with E-state index in [1.807, 2.05) is 6.92 Å². The van der Waals surface area contributed by atoms with Crippen molar-refractivity contribution >= 4 is 24.4 Å². The van der Waals surface area contributed by atoms with Gasteiger partial charge in [0.2, 0.25) is 0 Å².